The summed E-state index contributed by atoms with van der Waals surface area (Å²) in [5.41, 5.74) is 0. The molecule has 0 aromatic heterocycles. The Hall–Kier alpha value is -1.66. The number of rotatable bonds is 4. The highest BCUT2D eigenvalue weighted by atomic mass is 19.1. The predicted octanol–water partition coefficient (Wildman–Crippen LogP) is 1.20. The molecule has 3 unspecified atom stereocenters. The van der Waals surface area contributed by atoms with Gasteiger partial charge >= 0.3 is 0 Å². The Labute approximate surface area is 123 Å². The van der Waals surface area contributed by atoms with Gasteiger partial charge in [0.05, 0.1) is 18.8 Å². The molecule has 5 nitrogen and oxygen atoms in total. The molecule has 1 amide bonds. The van der Waals surface area contributed by atoms with Crippen molar-refractivity contribution in [2.75, 3.05) is 19.7 Å². The number of amides is 1. The van der Waals surface area contributed by atoms with Crippen molar-refractivity contribution in [3.05, 3.63) is 30.1 Å². The lowest BCUT2D eigenvalue weighted by atomic mass is 10.2. The van der Waals surface area contributed by atoms with E-state index in [2.05, 4.69) is 0 Å². The maximum absolute atomic E-state index is 13.1. The van der Waals surface area contributed by atoms with Crippen molar-refractivity contribution in [2.45, 2.75) is 32.2 Å². The molecule has 0 spiro atoms. The van der Waals surface area contributed by atoms with Crippen molar-refractivity contribution in [3.8, 4) is 5.75 Å². The van der Waals surface area contributed by atoms with E-state index in [-0.39, 0.29) is 24.7 Å². The Kier molecular flexibility index (Phi) is 5.14. The van der Waals surface area contributed by atoms with Crippen LogP contribution in [-0.2, 0) is 9.53 Å². The van der Waals surface area contributed by atoms with Gasteiger partial charge in [-0.3, -0.25) is 4.79 Å². The molecule has 1 heterocycles. The van der Waals surface area contributed by atoms with E-state index in [9.17, 15) is 14.3 Å². The molecule has 1 aliphatic rings. The molecule has 0 bridgehead atoms. The molecule has 0 saturated carbocycles. The van der Waals surface area contributed by atoms with E-state index in [4.69, 9.17) is 9.47 Å². The highest BCUT2D eigenvalue weighted by Gasteiger charge is 2.31. The summed E-state index contributed by atoms with van der Waals surface area (Å²) in [6, 6.07) is 5.68. The van der Waals surface area contributed by atoms with Gasteiger partial charge < -0.3 is 19.5 Å². The number of carbonyl (C=O) groups is 1. The summed E-state index contributed by atoms with van der Waals surface area (Å²) in [7, 11) is 0. The molecule has 2 rings (SSSR count). The minimum atomic E-state index is -0.726. The number of halogens is 1. The number of aliphatic hydroxyl groups is 1. The SMILES string of the molecule is CC1CN(C(=O)C(C)Oc2cccc(F)c2)CC(CO)O1. The lowest BCUT2D eigenvalue weighted by Crippen LogP contribution is -2.53. The number of morpholine rings is 1. The van der Waals surface area contributed by atoms with Crippen LogP contribution in [0.25, 0.3) is 0 Å². The van der Waals surface area contributed by atoms with Crippen LogP contribution in [0.2, 0.25) is 0 Å². The zero-order valence-corrected chi connectivity index (χ0v) is 12.2. The van der Waals surface area contributed by atoms with Crippen LogP contribution >= 0.6 is 0 Å². The molecule has 1 N–H and O–H groups in total. The van der Waals surface area contributed by atoms with Crippen LogP contribution in [-0.4, -0.2) is 53.9 Å². The first-order chi connectivity index (χ1) is 9.99. The summed E-state index contributed by atoms with van der Waals surface area (Å²) in [5, 5.41) is 9.18. The highest BCUT2D eigenvalue weighted by molar-refractivity contribution is 5.81. The largest absolute Gasteiger partial charge is 0.481 e. The maximum atomic E-state index is 13.1. The Morgan fingerprint density at radius 2 is 2.33 bits per heavy atom. The molecular weight excluding hydrogens is 277 g/mol. The number of benzene rings is 1. The number of ether oxygens (including phenoxy) is 2. The van der Waals surface area contributed by atoms with Gasteiger partial charge in [0.25, 0.3) is 5.91 Å². The summed E-state index contributed by atoms with van der Waals surface area (Å²) in [4.78, 5) is 14.0. The zero-order chi connectivity index (χ0) is 15.4. The molecule has 1 saturated heterocycles. The molecule has 0 radical (unpaired) electrons. The number of hydrogen-bond acceptors (Lipinski definition) is 4. The van der Waals surface area contributed by atoms with E-state index in [0.717, 1.165) is 0 Å². The van der Waals surface area contributed by atoms with Gasteiger partial charge in [-0.15, -0.1) is 0 Å². The smallest absolute Gasteiger partial charge is 0.263 e. The van der Waals surface area contributed by atoms with Crippen molar-refractivity contribution in [1.82, 2.24) is 4.90 Å². The molecule has 21 heavy (non-hydrogen) atoms. The normalized spacial score (nSPS) is 23.7. The Bertz CT molecular complexity index is 496. The zero-order valence-electron chi connectivity index (χ0n) is 12.2. The van der Waals surface area contributed by atoms with Gasteiger partial charge in [-0.1, -0.05) is 6.07 Å². The Morgan fingerprint density at radius 3 is 3.00 bits per heavy atom. The van der Waals surface area contributed by atoms with Crippen LogP contribution in [0.15, 0.2) is 24.3 Å². The van der Waals surface area contributed by atoms with E-state index >= 15 is 0 Å². The molecule has 3 atom stereocenters. The van der Waals surface area contributed by atoms with Crippen LogP contribution < -0.4 is 4.74 Å². The molecular formula is C15H20FNO4. The standard InChI is InChI=1S/C15H20FNO4/c1-10-7-17(8-14(9-18)20-10)15(19)11(2)21-13-5-3-4-12(16)6-13/h3-6,10-11,14,18H,7-9H2,1-2H3. The molecule has 1 aromatic carbocycles. The van der Waals surface area contributed by atoms with Crippen LogP contribution in [0.4, 0.5) is 4.39 Å². The number of nitrogens with zero attached hydrogens (tertiary/aromatic N) is 1. The first-order valence-corrected chi connectivity index (χ1v) is 6.97. The average molecular weight is 297 g/mol. The quantitative estimate of drug-likeness (QED) is 0.907. The monoisotopic (exact) mass is 297 g/mol. The maximum Gasteiger partial charge on any atom is 0.263 e. The van der Waals surface area contributed by atoms with Crippen molar-refractivity contribution < 1.29 is 23.8 Å². The number of carbonyl (C=O) groups excluding carboxylic acids is 1. The van der Waals surface area contributed by atoms with Crippen molar-refractivity contribution >= 4 is 5.91 Å². The molecule has 116 valence electrons. The van der Waals surface area contributed by atoms with Gasteiger partial charge in [0.2, 0.25) is 0 Å². The summed E-state index contributed by atoms with van der Waals surface area (Å²) >= 11 is 0. The number of aliphatic hydroxyl groups excluding tert-OH is 1. The third-order valence-corrected chi connectivity index (χ3v) is 3.30. The topological polar surface area (TPSA) is 59.0 Å². The third kappa shape index (κ3) is 4.15. The van der Waals surface area contributed by atoms with Crippen LogP contribution in [0, 0.1) is 5.82 Å². The minimum absolute atomic E-state index is 0.132. The lowest BCUT2D eigenvalue weighted by molar-refractivity contribution is -0.153. The molecule has 1 aromatic rings. The third-order valence-electron chi connectivity index (χ3n) is 3.30. The summed E-state index contributed by atoms with van der Waals surface area (Å²) in [6.07, 6.45) is -1.24. The summed E-state index contributed by atoms with van der Waals surface area (Å²) in [6.45, 7) is 4.12. The van der Waals surface area contributed by atoms with E-state index in [0.29, 0.717) is 18.8 Å². The van der Waals surface area contributed by atoms with E-state index < -0.39 is 11.9 Å². The fraction of sp³-hybridized carbons (Fsp3) is 0.533. The first kappa shape index (κ1) is 15.7. The fourth-order valence-corrected chi connectivity index (χ4v) is 2.38. The van der Waals surface area contributed by atoms with Crippen molar-refractivity contribution in [3.63, 3.8) is 0 Å². The lowest BCUT2D eigenvalue weighted by Gasteiger charge is -2.37. The number of hydrogen-bond donors (Lipinski definition) is 1. The van der Waals surface area contributed by atoms with E-state index in [1.54, 1.807) is 17.9 Å². The van der Waals surface area contributed by atoms with Crippen LogP contribution in [0.1, 0.15) is 13.8 Å². The fourth-order valence-electron chi connectivity index (χ4n) is 2.38. The van der Waals surface area contributed by atoms with Crippen molar-refractivity contribution in [1.29, 1.82) is 0 Å². The summed E-state index contributed by atoms with van der Waals surface area (Å²) < 4.78 is 24.1. The molecule has 1 fully saturated rings. The van der Waals surface area contributed by atoms with Gasteiger partial charge in [-0.2, -0.15) is 0 Å². The van der Waals surface area contributed by atoms with Crippen LogP contribution in [0.5, 0.6) is 5.75 Å². The van der Waals surface area contributed by atoms with Crippen LogP contribution in [0.3, 0.4) is 0 Å². The van der Waals surface area contributed by atoms with Crippen molar-refractivity contribution in [2.24, 2.45) is 0 Å². The molecule has 0 aliphatic carbocycles. The van der Waals surface area contributed by atoms with Gasteiger partial charge in [-0.25, -0.2) is 4.39 Å². The first-order valence-electron chi connectivity index (χ1n) is 6.97. The second-order valence-corrected chi connectivity index (χ2v) is 5.21. The second kappa shape index (κ2) is 6.87. The highest BCUT2D eigenvalue weighted by Crippen LogP contribution is 2.17. The predicted molar refractivity (Wildman–Crippen MR) is 74.5 cm³/mol. The Balaban J connectivity index is 1.98. The second-order valence-electron chi connectivity index (χ2n) is 5.21. The van der Waals surface area contributed by atoms with Gasteiger partial charge in [0, 0.05) is 19.2 Å². The molecule has 1 aliphatic heterocycles. The van der Waals surface area contributed by atoms with Gasteiger partial charge in [-0.05, 0) is 26.0 Å². The van der Waals surface area contributed by atoms with E-state index in [1.165, 1.54) is 18.2 Å². The molecule has 6 heteroatoms. The van der Waals surface area contributed by atoms with Gasteiger partial charge in [0.1, 0.15) is 11.6 Å². The van der Waals surface area contributed by atoms with Gasteiger partial charge in [0.15, 0.2) is 6.10 Å². The van der Waals surface area contributed by atoms with E-state index in [1.807, 2.05) is 6.92 Å². The summed E-state index contributed by atoms with van der Waals surface area (Å²) in [5.74, 6) is -0.295. The average Bonchev–Trinajstić information content (AvgIpc) is 2.45. The minimum Gasteiger partial charge on any atom is -0.481 e. The Morgan fingerprint density at radius 1 is 1.57 bits per heavy atom.